The molecule has 0 aliphatic heterocycles. The predicted octanol–water partition coefficient (Wildman–Crippen LogP) is 2.62. The number of allylic oxidation sites excluding steroid dienone is 9. The summed E-state index contributed by atoms with van der Waals surface area (Å²) in [6.45, 7) is 3.89. The molecule has 0 saturated carbocycles. The van der Waals surface area contributed by atoms with Crippen molar-refractivity contribution in [1.82, 2.24) is 5.32 Å². The Kier molecular flexibility index (Phi) is 7.77. The van der Waals surface area contributed by atoms with Crippen molar-refractivity contribution in [3.8, 4) is 0 Å². The molecule has 1 unspecified atom stereocenters. The predicted molar refractivity (Wildman–Crippen MR) is 89.5 cm³/mol. The van der Waals surface area contributed by atoms with Crippen LogP contribution >= 0.6 is 0 Å². The fourth-order valence-corrected chi connectivity index (χ4v) is 1.94. The van der Waals surface area contributed by atoms with E-state index >= 15 is 0 Å². The zero-order valence-corrected chi connectivity index (χ0v) is 13.5. The van der Waals surface area contributed by atoms with Gasteiger partial charge >= 0.3 is 0 Å². The molecule has 5 heteroatoms. The number of carbonyl (C=O) groups is 2. The lowest BCUT2D eigenvalue weighted by Crippen LogP contribution is -2.29. The van der Waals surface area contributed by atoms with Gasteiger partial charge in [0.05, 0.1) is 12.5 Å². The number of nitrogens with one attached hydrogen (secondary N) is 1. The minimum absolute atomic E-state index is 0.0455. The molecule has 1 rings (SSSR count). The third kappa shape index (κ3) is 6.93. The molecule has 5 nitrogen and oxygen atoms in total. The molecule has 0 saturated heterocycles. The smallest absolute Gasteiger partial charge is 0.227 e. The van der Waals surface area contributed by atoms with E-state index in [0.29, 0.717) is 0 Å². The third-order valence-electron chi connectivity index (χ3n) is 3.17. The van der Waals surface area contributed by atoms with Gasteiger partial charge in [-0.25, -0.2) is 0 Å². The van der Waals surface area contributed by atoms with E-state index in [9.17, 15) is 19.8 Å². The van der Waals surface area contributed by atoms with Crippen molar-refractivity contribution in [1.29, 1.82) is 0 Å². The summed E-state index contributed by atoms with van der Waals surface area (Å²) < 4.78 is 0. The molecular weight excluding hydrogens is 294 g/mol. The van der Waals surface area contributed by atoms with E-state index in [4.69, 9.17) is 0 Å². The van der Waals surface area contributed by atoms with Gasteiger partial charge in [0.25, 0.3) is 0 Å². The van der Waals surface area contributed by atoms with Gasteiger partial charge in [0.1, 0.15) is 11.5 Å². The van der Waals surface area contributed by atoms with E-state index in [1.807, 2.05) is 38.2 Å². The minimum Gasteiger partial charge on any atom is -0.510 e. The van der Waals surface area contributed by atoms with Gasteiger partial charge < -0.3 is 15.5 Å². The largest absolute Gasteiger partial charge is 0.510 e. The van der Waals surface area contributed by atoms with Crippen molar-refractivity contribution in [3.63, 3.8) is 0 Å². The number of hydrogen-bond donors (Lipinski definition) is 3. The van der Waals surface area contributed by atoms with Crippen molar-refractivity contribution in [2.24, 2.45) is 0 Å². The first-order chi connectivity index (χ1) is 10.9. The van der Waals surface area contributed by atoms with E-state index in [1.54, 1.807) is 12.2 Å². The zero-order valence-electron chi connectivity index (χ0n) is 13.5. The topological polar surface area (TPSA) is 86.6 Å². The van der Waals surface area contributed by atoms with Crippen LogP contribution in [0.25, 0.3) is 0 Å². The number of rotatable bonds is 7. The SMILES string of the molecule is CC=CC=C(C)C=CC=CC(O)CC(=O)NC1=C(O)CCC1=O. The summed E-state index contributed by atoms with van der Waals surface area (Å²) >= 11 is 0. The van der Waals surface area contributed by atoms with Gasteiger partial charge in [-0.1, -0.05) is 48.1 Å². The van der Waals surface area contributed by atoms with E-state index in [-0.39, 0.29) is 36.5 Å². The fraction of sp³-hybridized carbons (Fsp3) is 0.333. The first-order valence-electron chi connectivity index (χ1n) is 7.51. The molecule has 124 valence electrons. The Morgan fingerprint density at radius 3 is 2.65 bits per heavy atom. The maximum atomic E-state index is 11.7. The summed E-state index contributed by atoms with van der Waals surface area (Å²) in [4.78, 5) is 23.1. The number of carbonyl (C=O) groups excluding carboxylic acids is 2. The van der Waals surface area contributed by atoms with Gasteiger partial charge in [0, 0.05) is 12.8 Å². The van der Waals surface area contributed by atoms with Crippen LogP contribution in [0.3, 0.4) is 0 Å². The van der Waals surface area contributed by atoms with Crippen LogP contribution in [0, 0.1) is 0 Å². The molecule has 1 aliphatic carbocycles. The molecule has 0 spiro atoms. The van der Waals surface area contributed by atoms with Crippen molar-refractivity contribution in [3.05, 3.63) is 59.6 Å². The second-order valence-electron chi connectivity index (χ2n) is 5.25. The van der Waals surface area contributed by atoms with Gasteiger partial charge in [-0.05, 0) is 13.8 Å². The lowest BCUT2D eigenvalue weighted by Gasteiger charge is -2.07. The average Bonchev–Trinajstić information content (AvgIpc) is 2.81. The van der Waals surface area contributed by atoms with Crippen molar-refractivity contribution in [2.45, 2.75) is 39.2 Å². The van der Waals surface area contributed by atoms with Crippen molar-refractivity contribution < 1.29 is 19.8 Å². The summed E-state index contributed by atoms with van der Waals surface area (Å²) in [6, 6.07) is 0. The number of hydrogen-bond acceptors (Lipinski definition) is 4. The Hall–Kier alpha value is -2.40. The molecule has 0 aromatic carbocycles. The van der Waals surface area contributed by atoms with Gasteiger partial charge in [0.2, 0.25) is 5.91 Å². The average molecular weight is 317 g/mol. The summed E-state index contributed by atoms with van der Waals surface area (Å²) in [5.41, 5.74) is 1.01. The molecule has 0 aromatic rings. The third-order valence-corrected chi connectivity index (χ3v) is 3.17. The van der Waals surface area contributed by atoms with Crippen LogP contribution in [-0.2, 0) is 9.59 Å². The normalized spacial score (nSPS) is 17.9. The molecule has 1 atom stereocenters. The van der Waals surface area contributed by atoms with Gasteiger partial charge in [-0.3, -0.25) is 9.59 Å². The first kappa shape index (κ1) is 18.6. The van der Waals surface area contributed by atoms with Crippen LogP contribution in [0.15, 0.2) is 59.6 Å². The molecule has 1 aliphatic rings. The Morgan fingerprint density at radius 1 is 1.30 bits per heavy atom. The van der Waals surface area contributed by atoms with Crippen LogP contribution in [0.4, 0.5) is 0 Å². The van der Waals surface area contributed by atoms with E-state index in [1.165, 1.54) is 6.08 Å². The van der Waals surface area contributed by atoms with Crippen LogP contribution < -0.4 is 5.32 Å². The Balaban J connectivity index is 2.44. The highest BCUT2D eigenvalue weighted by atomic mass is 16.3. The maximum absolute atomic E-state index is 11.7. The number of aliphatic hydroxyl groups is 2. The molecule has 23 heavy (non-hydrogen) atoms. The lowest BCUT2D eigenvalue weighted by molar-refractivity contribution is -0.124. The monoisotopic (exact) mass is 317 g/mol. The summed E-state index contributed by atoms with van der Waals surface area (Å²) in [7, 11) is 0. The van der Waals surface area contributed by atoms with Crippen LogP contribution in [0.5, 0.6) is 0 Å². The molecule has 0 bridgehead atoms. The fourth-order valence-electron chi connectivity index (χ4n) is 1.94. The van der Waals surface area contributed by atoms with Crippen molar-refractivity contribution in [2.75, 3.05) is 0 Å². The van der Waals surface area contributed by atoms with Crippen LogP contribution in [0.2, 0.25) is 0 Å². The molecule has 0 heterocycles. The quantitative estimate of drug-likeness (QED) is 0.630. The number of amides is 1. The van der Waals surface area contributed by atoms with Crippen molar-refractivity contribution >= 4 is 11.7 Å². The highest BCUT2D eigenvalue weighted by Gasteiger charge is 2.24. The van der Waals surface area contributed by atoms with Crippen LogP contribution in [-0.4, -0.2) is 28.0 Å². The first-order valence-corrected chi connectivity index (χ1v) is 7.51. The van der Waals surface area contributed by atoms with E-state index in [2.05, 4.69) is 5.32 Å². The Bertz CT molecular complexity index is 594. The highest BCUT2D eigenvalue weighted by Crippen LogP contribution is 2.18. The van der Waals surface area contributed by atoms with Crippen LogP contribution in [0.1, 0.15) is 33.1 Å². The summed E-state index contributed by atoms with van der Waals surface area (Å²) in [5, 5.41) is 21.6. The summed E-state index contributed by atoms with van der Waals surface area (Å²) in [5.74, 6) is -0.890. The molecular formula is C18H23NO4. The second-order valence-corrected chi connectivity index (χ2v) is 5.25. The number of ketones is 1. The number of Topliss-reactive ketones (excluding diaryl/α,β-unsaturated/α-hetero) is 1. The molecule has 3 N–H and O–H groups in total. The zero-order chi connectivity index (χ0) is 17.2. The van der Waals surface area contributed by atoms with Gasteiger partial charge in [-0.15, -0.1) is 0 Å². The molecule has 0 radical (unpaired) electrons. The minimum atomic E-state index is -0.960. The molecule has 0 fully saturated rings. The lowest BCUT2D eigenvalue weighted by atomic mass is 10.2. The molecule has 1 amide bonds. The second kappa shape index (κ2) is 9.58. The van der Waals surface area contributed by atoms with E-state index < -0.39 is 12.0 Å². The molecule has 0 aromatic heterocycles. The highest BCUT2D eigenvalue weighted by molar-refractivity contribution is 6.01. The Labute approximate surface area is 136 Å². The summed E-state index contributed by atoms with van der Waals surface area (Å²) in [6.07, 6.45) is 11.9. The Morgan fingerprint density at radius 2 is 2.04 bits per heavy atom. The maximum Gasteiger partial charge on any atom is 0.227 e. The van der Waals surface area contributed by atoms with E-state index in [0.717, 1.165) is 5.57 Å². The van der Waals surface area contributed by atoms with Gasteiger partial charge in [0.15, 0.2) is 5.78 Å². The number of aliphatic hydroxyl groups excluding tert-OH is 2. The van der Waals surface area contributed by atoms with Gasteiger partial charge in [-0.2, -0.15) is 0 Å². The standard InChI is InChI=1S/C18H23NO4/c1-3-4-7-13(2)8-5-6-9-14(20)12-17(23)19-18-15(21)10-11-16(18)22/h3-9,14,20-21H,10-12H2,1-2H3,(H,19,23).